The third-order valence-corrected chi connectivity index (χ3v) is 2.80. The predicted octanol–water partition coefficient (Wildman–Crippen LogP) is 2.79. The molecule has 0 radical (unpaired) electrons. The molecule has 17 heavy (non-hydrogen) atoms. The molecule has 1 rings (SSSR count). The molecule has 0 spiro atoms. The molecule has 0 aliphatic rings. The van der Waals surface area contributed by atoms with Gasteiger partial charge in [-0.3, -0.25) is 4.79 Å². The monoisotopic (exact) mass is 233 g/mol. The molecule has 0 aliphatic heterocycles. The summed E-state index contributed by atoms with van der Waals surface area (Å²) in [6, 6.07) is 7.79. The first kappa shape index (κ1) is 13.3. The summed E-state index contributed by atoms with van der Waals surface area (Å²) in [5, 5.41) is 0. The standard InChI is InChI=1S/C14H19NO2/c1-5-10-15(12(3)16)11(2)13-6-8-14(17-4)9-7-13/h5-9,11H,1,10H2,2-4H3/t11-/m1/s1. The summed E-state index contributed by atoms with van der Waals surface area (Å²) in [4.78, 5) is 13.3. The van der Waals surface area contributed by atoms with Gasteiger partial charge < -0.3 is 9.64 Å². The van der Waals surface area contributed by atoms with E-state index < -0.39 is 0 Å². The molecule has 1 aromatic rings. The van der Waals surface area contributed by atoms with Crippen LogP contribution in [0.25, 0.3) is 0 Å². The maximum atomic E-state index is 11.5. The molecule has 0 N–H and O–H groups in total. The Hall–Kier alpha value is -1.77. The van der Waals surface area contributed by atoms with E-state index >= 15 is 0 Å². The van der Waals surface area contributed by atoms with Crippen molar-refractivity contribution >= 4 is 5.91 Å². The number of hydrogen-bond donors (Lipinski definition) is 0. The molecule has 3 nitrogen and oxygen atoms in total. The van der Waals surface area contributed by atoms with Crippen LogP contribution < -0.4 is 4.74 Å². The first-order valence-corrected chi connectivity index (χ1v) is 5.62. The van der Waals surface area contributed by atoms with E-state index in [1.54, 1.807) is 25.0 Å². The van der Waals surface area contributed by atoms with E-state index in [1.165, 1.54) is 0 Å². The second-order valence-corrected chi connectivity index (χ2v) is 3.91. The van der Waals surface area contributed by atoms with E-state index in [4.69, 9.17) is 4.74 Å². The molecule has 0 saturated heterocycles. The molecule has 0 fully saturated rings. The first-order valence-electron chi connectivity index (χ1n) is 5.62. The van der Waals surface area contributed by atoms with Gasteiger partial charge in [0.05, 0.1) is 13.2 Å². The van der Waals surface area contributed by atoms with E-state index in [1.807, 2.05) is 31.2 Å². The number of carbonyl (C=O) groups is 1. The van der Waals surface area contributed by atoms with Crippen LogP contribution in [-0.4, -0.2) is 24.5 Å². The van der Waals surface area contributed by atoms with Crippen LogP contribution in [0.1, 0.15) is 25.5 Å². The van der Waals surface area contributed by atoms with Crippen LogP contribution >= 0.6 is 0 Å². The van der Waals surface area contributed by atoms with Crippen molar-refractivity contribution in [3.63, 3.8) is 0 Å². The van der Waals surface area contributed by atoms with Crippen molar-refractivity contribution in [3.05, 3.63) is 42.5 Å². The van der Waals surface area contributed by atoms with Gasteiger partial charge in [0.1, 0.15) is 5.75 Å². The van der Waals surface area contributed by atoms with E-state index in [-0.39, 0.29) is 11.9 Å². The third-order valence-electron chi connectivity index (χ3n) is 2.80. The Morgan fingerprint density at radius 1 is 1.47 bits per heavy atom. The molecule has 0 bridgehead atoms. The molecule has 1 amide bonds. The highest BCUT2D eigenvalue weighted by atomic mass is 16.5. The maximum absolute atomic E-state index is 11.5. The highest BCUT2D eigenvalue weighted by Crippen LogP contribution is 2.22. The van der Waals surface area contributed by atoms with Crippen LogP contribution in [0.4, 0.5) is 0 Å². The normalized spacial score (nSPS) is 11.7. The molecular weight excluding hydrogens is 214 g/mol. The number of nitrogens with zero attached hydrogens (tertiary/aromatic N) is 1. The number of methoxy groups -OCH3 is 1. The molecule has 3 heteroatoms. The van der Waals surface area contributed by atoms with E-state index in [9.17, 15) is 4.79 Å². The molecule has 1 aromatic carbocycles. The number of carbonyl (C=O) groups excluding carboxylic acids is 1. The van der Waals surface area contributed by atoms with E-state index in [0.717, 1.165) is 11.3 Å². The summed E-state index contributed by atoms with van der Waals surface area (Å²) in [6.07, 6.45) is 1.74. The Balaban J connectivity index is 2.88. The van der Waals surface area contributed by atoms with Crippen LogP contribution in [0.2, 0.25) is 0 Å². The minimum Gasteiger partial charge on any atom is -0.497 e. The lowest BCUT2D eigenvalue weighted by molar-refractivity contribution is -0.130. The Morgan fingerprint density at radius 2 is 2.06 bits per heavy atom. The van der Waals surface area contributed by atoms with Crippen molar-refractivity contribution in [1.29, 1.82) is 0 Å². The summed E-state index contributed by atoms with van der Waals surface area (Å²) in [6.45, 7) is 7.81. The summed E-state index contributed by atoms with van der Waals surface area (Å²) in [7, 11) is 1.64. The number of hydrogen-bond acceptors (Lipinski definition) is 2. The van der Waals surface area contributed by atoms with Gasteiger partial charge in [0, 0.05) is 13.5 Å². The quantitative estimate of drug-likeness (QED) is 0.732. The minimum absolute atomic E-state index is 0.0383. The Morgan fingerprint density at radius 3 is 2.47 bits per heavy atom. The minimum atomic E-state index is 0.0383. The maximum Gasteiger partial charge on any atom is 0.220 e. The van der Waals surface area contributed by atoms with Crippen LogP contribution in [0, 0.1) is 0 Å². The van der Waals surface area contributed by atoms with Crippen LogP contribution in [0.5, 0.6) is 5.75 Å². The van der Waals surface area contributed by atoms with Crippen molar-refractivity contribution in [3.8, 4) is 5.75 Å². The molecule has 1 atom stereocenters. The van der Waals surface area contributed by atoms with Gasteiger partial charge in [0.25, 0.3) is 0 Å². The molecule has 0 unspecified atom stereocenters. The Kier molecular flexibility index (Phi) is 4.76. The average molecular weight is 233 g/mol. The summed E-state index contributed by atoms with van der Waals surface area (Å²) in [5.74, 6) is 0.868. The SMILES string of the molecule is C=CCN(C(C)=O)[C@H](C)c1ccc(OC)cc1. The number of benzene rings is 1. The highest BCUT2D eigenvalue weighted by molar-refractivity contribution is 5.74. The van der Waals surface area contributed by atoms with Gasteiger partial charge in [0.2, 0.25) is 5.91 Å². The van der Waals surface area contributed by atoms with Gasteiger partial charge in [-0.1, -0.05) is 18.2 Å². The fourth-order valence-corrected chi connectivity index (χ4v) is 1.76. The fraction of sp³-hybridized carbons (Fsp3) is 0.357. The van der Waals surface area contributed by atoms with Gasteiger partial charge in [-0.05, 0) is 24.6 Å². The molecular formula is C14H19NO2. The van der Waals surface area contributed by atoms with Crippen LogP contribution in [0.15, 0.2) is 36.9 Å². The van der Waals surface area contributed by atoms with Gasteiger partial charge in [-0.25, -0.2) is 0 Å². The fourth-order valence-electron chi connectivity index (χ4n) is 1.76. The smallest absolute Gasteiger partial charge is 0.220 e. The first-order chi connectivity index (χ1) is 8.10. The van der Waals surface area contributed by atoms with Gasteiger partial charge in [-0.2, -0.15) is 0 Å². The average Bonchev–Trinajstić information content (AvgIpc) is 2.35. The van der Waals surface area contributed by atoms with Crippen molar-refractivity contribution < 1.29 is 9.53 Å². The van der Waals surface area contributed by atoms with Gasteiger partial charge in [0.15, 0.2) is 0 Å². The molecule has 92 valence electrons. The zero-order valence-corrected chi connectivity index (χ0v) is 10.6. The Bertz CT molecular complexity index is 384. The predicted molar refractivity (Wildman–Crippen MR) is 69.0 cm³/mol. The topological polar surface area (TPSA) is 29.5 Å². The second kappa shape index (κ2) is 6.09. The third kappa shape index (κ3) is 3.34. The van der Waals surface area contributed by atoms with Crippen molar-refractivity contribution in [2.24, 2.45) is 0 Å². The van der Waals surface area contributed by atoms with Crippen molar-refractivity contribution in [2.45, 2.75) is 19.9 Å². The highest BCUT2D eigenvalue weighted by Gasteiger charge is 2.16. The number of rotatable bonds is 5. The van der Waals surface area contributed by atoms with Gasteiger partial charge in [-0.15, -0.1) is 6.58 Å². The molecule has 0 aliphatic carbocycles. The Labute approximate surface area is 103 Å². The second-order valence-electron chi connectivity index (χ2n) is 3.91. The van der Waals surface area contributed by atoms with Crippen molar-refractivity contribution in [2.75, 3.05) is 13.7 Å². The van der Waals surface area contributed by atoms with Crippen molar-refractivity contribution in [1.82, 2.24) is 4.90 Å². The van der Waals surface area contributed by atoms with E-state index in [2.05, 4.69) is 6.58 Å². The molecule has 0 heterocycles. The number of amides is 1. The largest absolute Gasteiger partial charge is 0.497 e. The van der Waals surface area contributed by atoms with Crippen LogP contribution in [0.3, 0.4) is 0 Å². The molecule has 0 saturated carbocycles. The summed E-state index contributed by atoms with van der Waals surface area (Å²) < 4.78 is 5.11. The zero-order chi connectivity index (χ0) is 12.8. The lowest BCUT2D eigenvalue weighted by Gasteiger charge is -2.27. The summed E-state index contributed by atoms with van der Waals surface area (Å²) >= 11 is 0. The van der Waals surface area contributed by atoms with Gasteiger partial charge >= 0.3 is 0 Å². The van der Waals surface area contributed by atoms with Crippen LogP contribution in [-0.2, 0) is 4.79 Å². The summed E-state index contributed by atoms with van der Waals surface area (Å²) in [5.41, 5.74) is 1.09. The molecule has 0 aromatic heterocycles. The lowest BCUT2D eigenvalue weighted by Crippen LogP contribution is -2.31. The lowest BCUT2D eigenvalue weighted by atomic mass is 10.1. The zero-order valence-electron chi connectivity index (χ0n) is 10.6. The number of ether oxygens (including phenoxy) is 1. The van der Waals surface area contributed by atoms with E-state index in [0.29, 0.717) is 6.54 Å².